The Morgan fingerprint density at radius 1 is 1.29 bits per heavy atom. The number of esters is 1. The van der Waals surface area contributed by atoms with Crippen LogP contribution in [0.4, 0.5) is 5.69 Å². The molecular formula is C19H29IN4O4. The minimum Gasteiger partial charge on any atom is -0.492 e. The Morgan fingerprint density at radius 3 is 2.61 bits per heavy atom. The van der Waals surface area contributed by atoms with Crippen molar-refractivity contribution in [1.29, 1.82) is 0 Å². The molecule has 0 atom stereocenters. The highest BCUT2D eigenvalue weighted by Gasteiger charge is 2.26. The number of halogens is 1. The van der Waals surface area contributed by atoms with Gasteiger partial charge in [-0.05, 0) is 25.0 Å². The largest absolute Gasteiger partial charge is 0.492 e. The van der Waals surface area contributed by atoms with Gasteiger partial charge in [0.25, 0.3) is 0 Å². The van der Waals surface area contributed by atoms with Gasteiger partial charge in [0.2, 0.25) is 5.91 Å². The lowest BCUT2D eigenvalue weighted by molar-refractivity contribution is -0.146. The smallest absolute Gasteiger partial charge is 0.308 e. The average Bonchev–Trinajstić information content (AvgIpc) is 2.67. The topological polar surface area (TPSA) is 92.3 Å². The SMILES string of the molecule is CN=C(NCCOc1cccc(NC(C)=O)c1)N1CCC(C(=O)OC)CC1.I. The van der Waals surface area contributed by atoms with Crippen molar-refractivity contribution >= 4 is 47.5 Å². The van der Waals surface area contributed by atoms with E-state index >= 15 is 0 Å². The molecule has 1 saturated heterocycles. The molecule has 1 fully saturated rings. The first-order valence-electron chi connectivity index (χ1n) is 9.07. The molecule has 1 aromatic rings. The monoisotopic (exact) mass is 504 g/mol. The van der Waals surface area contributed by atoms with Crippen molar-refractivity contribution in [1.82, 2.24) is 10.2 Å². The molecule has 1 aliphatic heterocycles. The van der Waals surface area contributed by atoms with Gasteiger partial charge in [0, 0.05) is 38.8 Å². The summed E-state index contributed by atoms with van der Waals surface area (Å²) in [6.45, 7) is 4.05. The number of hydrogen-bond acceptors (Lipinski definition) is 5. The maximum atomic E-state index is 11.6. The second-order valence-corrected chi connectivity index (χ2v) is 6.32. The number of carbonyl (C=O) groups is 2. The summed E-state index contributed by atoms with van der Waals surface area (Å²) in [5.41, 5.74) is 0.706. The zero-order valence-electron chi connectivity index (χ0n) is 16.6. The molecule has 0 saturated carbocycles. The number of amides is 1. The van der Waals surface area contributed by atoms with Gasteiger partial charge in [-0.1, -0.05) is 6.07 Å². The molecule has 0 aliphatic carbocycles. The standard InChI is InChI=1S/C19H28N4O4.HI/c1-14(24)22-16-5-4-6-17(13-16)27-12-9-21-19(20-2)23-10-7-15(8-11-23)18(25)26-3;/h4-6,13,15H,7-12H2,1-3H3,(H,20,21)(H,22,24);1H. The zero-order chi connectivity index (χ0) is 19.6. The van der Waals surface area contributed by atoms with Gasteiger partial charge >= 0.3 is 5.97 Å². The highest BCUT2D eigenvalue weighted by atomic mass is 127. The number of benzene rings is 1. The van der Waals surface area contributed by atoms with Gasteiger partial charge in [-0.15, -0.1) is 24.0 Å². The Morgan fingerprint density at radius 2 is 2.00 bits per heavy atom. The molecule has 9 heteroatoms. The van der Waals surface area contributed by atoms with E-state index in [0.717, 1.165) is 31.9 Å². The summed E-state index contributed by atoms with van der Waals surface area (Å²) in [4.78, 5) is 29.2. The van der Waals surface area contributed by atoms with E-state index in [2.05, 4.69) is 20.5 Å². The molecule has 0 radical (unpaired) electrons. The van der Waals surface area contributed by atoms with Crippen LogP contribution in [0.3, 0.4) is 0 Å². The molecule has 1 amide bonds. The van der Waals surface area contributed by atoms with E-state index in [1.54, 1.807) is 13.1 Å². The number of ether oxygens (including phenoxy) is 2. The molecule has 2 rings (SSSR count). The van der Waals surface area contributed by atoms with Gasteiger partial charge in [0.05, 0.1) is 19.6 Å². The minimum atomic E-state index is -0.132. The summed E-state index contributed by atoms with van der Waals surface area (Å²) in [7, 11) is 3.17. The van der Waals surface area contributed by atoms with E-state index in [1.807, 2.05) is 18.2 Å². The molecule has 1 aromatic carbocycles. The van der Waals surface area contributed by atoms with E-state index in [1.165, 1.54) is 14.0 Å². The average molecular weight is 504 g/mol. The van der Waals surface area contributed by atoms with Crippen molar-refractivity contribution in [3.8, 4) is 5.75 Å². The Kier molecular flexibility index (Phi) is 10.6. The van der Waals surface area contributed by atoms with E-state index < -0.39 is 0 Å². The van der Waals surface area contributed by atoms with Crippen LogP contribution < -0.4 is 15.4 Å². The lowest BCUT2D eigenvalue weighted by atomic mass is 9.97. The quantitative estimate of drug-likeness (QED) is 0.203. The third-order valence-corrected chi connectivity index (χ3v) is 4.35. The number of likely N-dealkylation sites (tertiary alicyclic amines) is 1. The van der Waals surface area contributed by atoms with Gasteiger partial charge < -0.3 is 25.0 Å². The van der Waals surface area contributed by atoms with E-state index in [0.29, 0.717) is 24.6 Å². The van der Waals surface area contributed by atoms with Crippen LogP contribution in [0.5, 0.6) is 5.75 Å². The number of piperidine rings is 1. The van der Waals surface area contributed by atoms with Gasteiger partial charge in [-0.25, -0.2) is 0 Å². The van der Waals surface area contributed by atoms with Crippen molar-refractivity contribution in [3.05, 3.63) is 24.3 Å². The summed E-state index contributed by atoms with van der Waals surface area (Å²) in [6.07, 6.45) is 1.53. The highest BCUT2D eigenvalue weighted by Crippen LogP contribution is 2.19. The number of carbonyl (C=O) groups excluding carboxylic acids is 2. The number of rotatable bonds is 6. The van der Waals surface area contributed by atoms with E-state index in [-0.39, 0.29) is 41.8 Å². The van der Waals surface area contributed by atoms with Gasteiger partial charge in [0.15, 0.2) is 5.96 Å². The lowest BCUT2D eigenvalue weighted by Gasteiger charge is -2.33. The lowest BCUT2D eigenvalue weighted by Crippen LogP contribution is -2.47. The van der Waals surface area contributed by atoms with Crippen LogP contribution >= 0.6 is 24.0 Å². The molecule has 156 valence electrons. The number of nitrogens with one attached hydrogen (secondary N) is 2. The summed E-state index contributed by atoms with van der Waals surface area (Å²) in [6, 6.07) is 7.27. The van der Waals surface area contributed by atoms with Crippen LogP contribution in [-0.4, -0.2) is 63.1 Å². The van der Waals surface area contributed by atoms with E-state index in [4.69, 9.17) is 9.47 Å². The maximum absolute atomic E-state index is 11.6. The first kappa shape index (κ1) is 24.0. The number of aliphatic imine (C=N–C) groups is 1. The first-order chi connectivity index (χ1) is 13.0. The van der Waals surface area contributed by atoms with Crippen molar-refractivity contribution < 1.29 is 19.1 Å². The third-order valence-electron chi connectivity index (χ3n) is 4.35. The Hall–Kier alpha value is -2.04. The molecule has 1 aliphatic rings. The molecule has 1 heterocycles. The molecule has 0 aromatic heterocycles. The first-order valence-corrected chi connectivity index (χ1v) is 9.07. The Balaban J connectivity index is 0.00000392. The number of hydrogen-bond donors (Lipinski definition) is 2. The van der Waals surface area contributed by atoms with Crippen LogP contribution in [0.25, 0.3) is 0 Å². The van der Waals surface area contributed by atoms with E-state index in [9.17, 15) is 9.59 Å². The molecule has 0 bridgehead atoms. The Bertz CT molecular complexity index is 676. The van der Waals surface area contributed by atoms with Gasteiger partial charge in [-0.3, -0.25) is 14.6 Å². The van der Waals surface area contributed by atoms with Gasteiger partial charge in [-0.2, -0.15) is 0 Å². The second-order valence-electron chi connectivity index (χ2n) is 6.32. The normalized spacial score (nSPS) is 14.7. The fourth-order valence-electron chi connectivity index (χ4n) is 3.02. The van der Waals surface area contributed by atoms with Crippen LogP contribution in [0.2, 0.25) is 0 Å². The predicted molar refractivity (Wildman–Crippen MR) is 119 cm³/mol. The number of methoxy groups -OCH3 is 1. The Labute approximate surface area is 183 Å². The van der Waals surface area contributed by atoms with Crippen LogP contribution in [-0.2, 0) is 14.3 Å². The summed E-state index contributed by atoms with van der Waals surface area (Å²) in [5.74, 6) is 1.22. The van der Waals surface area contributed by atoms with Crippen molar-refractivity contribution in [2.75, 3.05) is 45.7 Å². The number of nitrogens with zero attached hydrogens (tertiary/aromatic N) is 2. The summed E-state index contributed by atoms with van der Waals surface area (Å²) in [5, 5.41) is 6.01. The predicted octanol–water partition coefficient (Wildman–Crippen LogP) is 2.10. The second kappa shape index (κ2) is 12.4. The fourth-order valence-corrected chi connectivity index (χ4v) is 3.02. The highest BCUT2D eigenvalue weighted by molar-refractivity contribution is 14.0. The minimum absolute atomic E-state index is 0. The van der Waals surface area contributed by atoms with Crippen LogP contribution in [0.1, 0.15) is 19.8 Å². The number of guanidine groups is 1. The molecule has 28 heavy (non-hydrogen) atoms. The van der Waals surface area contributed by atoms with Crippen molar-refractivity contribution in [2.24, 2.45) is 10.9 Å². The van der Waals surface area contributed by atoms with Gasteiger partial charge in [0.1, 0.15) is 12.4 Å². The molecular weight excluding hydrogens is 475 g/mol. The molecule has 0 spiro atoms. The third kappa shape index (κ3) is 7.53. The summed E-state index contributed by atoms with van der Waals surface area (Å²) >= 11 is 0. The zero-order valence-corrected chi connectivity index (χ0v) is 18.9. The maximum Gasteiger partial charge on any atom is 0.308 e. The van der Waals surface area contributed by atoms with Crippen molar-refractivity contribution in [3.63, 3.8) is 0 Å². The molecule has 8 nitrogen and oxygen atoms in total. The fraction of sp³-hybridized carbons (Fsp3) is 0.526. The number of anilines is 1. The van der Waals surface area contributed by atoms with Crippen LogP contribution in [0, 0.1) is 5.92 Å². The summed E-state index contributed by atoms with van der Waals surface area (Å²) < 4.78 is 10.5. The van der Waals surface area contributed by atoms with Crippen LogP contribution in [0.15, 0.2) is 29.3 Å². The molecule has 0 unspecified atom stereocenters. The van der Waals surface area contributed by atoms with Crippen molar-refractivity contribution in [2.45, 2.75) is 19.8 Å². The molecule has 2 N–H and O–H groups in total.